The summed E-state index contributed by atoms with van der Waals surface area (Å²) in [6.45, 7) is 6.47. The van der Waals surface area contributed by atoms with E-state index < -0.39 is 0 Å². The van der Waals surface area contributed by atoms with Crippen molar-refractivity contribution in [3.63, 3.8) is 0 Å². The van der Waals surface area contributed by atoms with Gasteiger partial charge in [0.1, 0.15) is 21.8 Å². The largest absolute Gasteiger partial charge is 0.357 e. The van der Waals surface area contributed by atoms with E-state index in [0.29, 0.717) is 27.9 Å². The molecule has 4 rings (SSSR count). The van der Waals surface area contributed by atoms with Crippen LogP contribution in [0.25, 0.3) is 6.08 Å². The maximum absolute atomic E-state index is 13.4. The van der Waals surface area contributed by atoms with E-state index in [-0.39, 0.29) is 17.0 Å². The molecule has 176 valence electrons. The first kappa shape index (κ1) is 24.2. The van der Waals surface area contributed by atoms with Crippen molar-refractivity contribution in [3.05, 3.63) is 67.8 Å². The molecule has 0 bridgehead atoms. The second-order valence-electron chi connectivity index (χ2n) is 8.61. The van der Waals surface area contributed by atoms with Gasteiger partial charge < -0.3 is 4.90 Å². The monoisotopic (exact) mass is 492 g/mol. The molecule has 8 heteroatoms. The molecule has 2 aliphatic heterocycles. The zero-order valence-corrected chi connectivity index (χ0v) is 21.2. The maximum atomic E-state index is 13.4. The van der Waals surface area contributed by atoms with Crippen molar-refractivity contribution in [1.82, 2.24) is 9.47 Å². The average Bonchev–Trinajstić information content (AvgIpc) is 3.11. The Balaban J connectivity index is 1.82. The van der Waals surface area contributed by atoms with Gasteiger partial charge in [0.2, 0.25) is 0 Å². The number of nitriles is 1. The van der Waals surface area contributed by atoms with Gasteiger partial charge in [0.25, 0.3) is 11.5 Å². The fourth-order valence-electron chi connectivity index (χ4n) is 4.55. The molecule has 34 heavy (non-hydrogen) atoms. The molecule has 0 aliphatic carbocycles. The first-order valence-corrected chi connectivity index (χ1v) is 12.9. The number of thiocarbonyl (C=S) groups is 1. The number of nitrogens with zero attached hydrogens (tertiary/aromatic N) is 4. The van der Waals surface area contributed by atoms with E-state index in [2.05, 4.69) is 11.0 Å². The van der Waals surface area contributed by atoms with E-state index >= 15 is 0 Å². The molecule has 1 aromatic carbocycles. The van der Waals surface area contributed by atoms with Crippen molar-refractivity contribution in [3.8, 4) is 6.07 Å². The summed E-state index contributed by atoms with van der Waals surface area (Å²) in [6.07, 6.45) is 5.89. The molecule has 3 heterocycles. The number of carbonyl (C=O) groups is 1. The Labute approximate surface area is 209 Å². The highest BCUT2D eigenvalue weighted by Gasteiger charge is 2.33. The number of hydrogen-bond acceptors (Lipinski definition) is 6. The molecular weight excluding hydrogens is 464 g/mol. The smallest absolute Gasteiger partial charge is 0.270 e. The Morgan fingerprint density at radius 1 is 1.15 bits per heavy atom. The molecule has 0 unspecified atom stereocenters. The lowest BCUT2D eigenvalue weighted by atomic mass is 10.0. The maximum Gasteiger partial charge on any atom is 0.270 e. The number of pyridine rings is 1. The number of hydrogen-bond donors (Lipinski definition) is 0. The van der Waals surface area contributed by atoms with Crippen LogP contribution in [-0.2, 0) is 17.9 Å². The molecule has 2 saturated heterocycles. The lowest BCUT2D eigenvalue weighted by Crippen LogP contribution is -2.37. The fourth-order valence-corrected chi connectivity index (χ4v) is 5.79. The minimum atomic E-state index is -0.254. The van der Waals surface area contributed by atoms with Crippen LogP contribution < -0.4 is 10.5 Å². The van der Waals surface area contributed by atoms with Crippen LogP contribution in [0.5, 0.6) is 0 Å². The van der Waals surface area contributed by atoms with Gasteiger partial charge in [-0.25, -0.2) is 0 Å². The Hall–Kier alpha value is -2.89. The third-order valence-electron chi connectivity index (χ3n) is 6.28. The third kappa shape index (κ3) is 4.68. The van der Waals surface area contributed by atoms with Gasteiger partial charge >= 0.3 is 0 Å². The molecule has 0 atom stereocenters. The molecule has 6 nitrogen and oxygen atoms in total. The summed E-state index contributed by atoms with van der Waals surface area (Å²) in [7, 11) is 0. The highest BCUT2D eigenvalue weighted by atomic mass is 32.2. The predicted molar refractivity (Wildman–Crippen MR) is 142 cm³/mol. The molecule has 2 aromatic rings. The minimum absolute atomic E-state index is 0.139. The number of carbonyl (C=O) groups excluding carboxylic acids is 1. The summed E-state index contributed by atoms with van der Waals surface area (Å²) in [6, 6.07) is 11.9. The predicted octanol–water partition coefficient (Wildman–Crippen LogP) is 4.83. The van der Waals surface area contributed by atoms with Gasteiger partial charge in [-0.15, -0.1) is 0 Å². The van der Waals surface area contributed by atoms with Gasteiger partial charge in [0.05, 0.1) is 11.4 Å². The van der Waals surface area contributed by atoms with Crippen LogP contribution in [0.4, 0.5) is 5.82 Å². The highest BCUT2D eigenvalue weighted by molar-refractivity contribution is 8.26. The number of rotatable bonds is 6. The zero-order valence-electron chi connectivity index (χ0n) is 19.5. The topological polar surface area (TPSA) is 69.3 Å². The Morgan fingerprint density at radius 2 is 1.85 bits per heavy atom. The summed E-state index contributed by atoms with van der Waals surface area (Å²) in [5.74, 6) is 0.672. The first-order valence-electron chi connectivity index (χ1n) is 11.7. The molecule has 0 spiro atoms. The van der Waals surface area contributed by atoms with Gasteiger partial charge in [0.15, 0.2) is 0 Å². The average molecular weight is 493 g/mol. The summed E-state index contributed by atoms with van der Waals surface area (Å²) in [5.41, 5.74) is 2.28. The number of amides is 1. The fraction of sp³-hybridized carbons (Fsp3) is 0.385. The van der Waals surface area contributed by atoms with E-state index in [1.807, 2.05) is 43.3 Å². The molecule has 0 saturated carbocycles. The van der Waals surface area contributed by atoms with E-state index in [9.17, 15) is 14.9 Å². The van der Waals surface area contributed by atoms with E-state index in [1.54, 1.807) is 16.4 Å². The highest BCUT2D eigenvalue weighted by Crippen LogP contribution is 2.37. The SMILES string of the molecule is CCCn1c(N2CCCCC2)c(/C=C2/SC(=S)N(Cc3ccccc3)C2=O)c(C)c(C#N)c1=O. The van der Waals surface area contributed by atoms with Crippen LogP contribution in [0, 0.1) is 18.3 Å². The number of benzene rings is 1. The van der Waals surface area contributed by atoms with E-state index in [0.717, 1.165) is 55.7 Å². The van der Waals surface area contributed by atoms with Crippen molar-refractivity contribution in [2.45, 2.75) is 52.6 Å². The van der Waals surface area contributed by atoms with Crippen LogP contribution in [-0.4, -0.2) is 32.8 Å². The van der Waals surface area contributed by atoms with Crippen molar-refractivity contribution in [2.24, 2.45) is 0 Å². The standard InChI is InChI=1S/C26H28N4O2S2/c1-3-12-29-23(28-13-8-5-9-14-28)20(18(2)21(16-27)24(29)31)15-22-25(32)30(26(33)34-22)17-19-10-6-4-7-11-19/h4,6-7,10-11,15H,3,5,8-9,12-14,17H2,1-2H3/b22-15+. The molecule has 0 radical (unpaired) electrons. The molecule has 1 amide bonds. The van der Waals surface area contributed by atoms with Crippen LogP contribution in [0.1, 0.15) is 54.9 Å². The molecule has 0 N–H and O–H groups in total. The second kappa shape index (κ2) is 10.6. The van der Waals surface area contributed by atoms with Gasteiger partial charge in [-0.1, -0.05) is 61.2 Å². The van der Waals surface area contributed by atoms with Crippen molar-refractivity contribution in [2.75, 3.05) is 18.0 Å². The van der Waals surface area contributed by atoms with Gasteiger partial charge in [-0.3, -0.25) is 19.1 Å². The van der Waals surface area contributed by atoms with Crippen LogP contribution in [0.2, 0.25) is 0 Å². The molecule has 2 aliphatic rings. The van der Waals surface area contributed by atoms with Crippen molar-refractivity contribution in [1.29, 1.82) is 5.26 Å². The first-order chi connectivity index (χ1) is 16.5. The zero-order chi connectivity index (χ0) is 24.2. The van der Waals surface area contributed by atoms with Crippen molar-refractivity contribution >= 4 is 46.1 Å². The van der Waals surface area contributed by atoms with Gasteiger partial charge in [-0.2, -0.15) is 5.26 Å². The number of anilines is 1. The number of piperidine rings is 1. The van der Waals surface area contributed by atoms with Gasteiger partial charge in [-0.05, 0) is 49.8 Å². The second-order valence-corrected chi connectivity index (χ2v) is 10.3. The van der Waals surface area contributed by atoms with Crippen molar-refractivity contribution < 1.29 is 4.79 Å². The summed E-state index contributed by atoms with van der Waals surface area (Å²) < 4.78 is 2.24. The normalized spacial score (nSPS) is 17.5. The summed E-state index contributed by atoms with van der Waals surface area (Å²) in [5, 5.41) is 9.78. The Kier molecular flexibility index (Phi) is 7.54. The lowest BCUT2D eigenvalue weighted by Gasteiger charge is -2.33. The summed E-state index contributed by atoms with van der Waals surface area (Å²) in [4.78, 5) is 31.0. The Morgan fingerprint density at radius 3 is 2.50 bits per heavy atom. The van der Waals surface area contributed by atoms with E-state index in [1.165, 1.54) is 11.8 Å². The molecular formula is C26H28N4O2S2. The van der Waals surface area contributed by atoms with Crippen LogP contribution in [0.15, 0.2) is 40.0 Å². The summed E-state index contributed by atoms with van der Waals surface area (Å²) >= 11 is 6.82. The minimum Gasteiger partial charge on any atom is -0.357 e. The van der Waals surface area contributed by atoms with Gasteiger partial charge in [0, 0.05) is 25.2 Å². The van der Waals surface area contributed by atoms with Crippen LogP contribution in [0.3, 0.4) is 0 Å². The number of thioether (sulfide) groups is 1. The Bertz CT molecular complexity index is 1240. The molecule has 1 aromatic heterocycles. The van der Waals surface area contributed by atoms with E-state index in [4.69, 9.17) is 12.2 Å². The molecule has 2 fully saturated rings. The number of aromatic nitrogens is 1. The van der Waals surface area contributed by atoms with Crippen LogP contribution >= 0.6 is 24.0 Å². The lowest BCUT2D eigenvalue weighted by molar-refractivity contribution is -0.122. The quantitative estimate of drug-likeness (QED) is 0.425. The third-order valence-corrected chi connectivity index (χ3v) is 7.66.